The van der Waals surface area contributed by atoms with Gasteiger partial charge in [0.2, 0.25) is 0 Å². The van der Waals surface area contributed by atoms with Crippen molar-refractivity contribution in [3.8, 4) is 5.75 Å². The summed E-state index contributed by atoms with van der Waals surface area (Å²) in [7, 11) is 5.29. The van der Waals surface area contributed by atoms with Crippen molar-refractivity contribution in [2.75, 3.05) is 27.7 Å². The molecule has 0 saturated heterocycles. The van der Waals surface area contributed by atoms with E-state index >= 15 is 0 Å². The molecule has 3 N–H and O–H groups in total. The van der Waals surface area contributed by atoms with Crippen LogP contribution in [0.15, 0.2) is 24.3 Å². The van der Waals surface area contributed by atoms with Crippen LogP contribution in [0.3, 0.4) is 0 Å². The number of esters is 1. The van der Waals surface area contributed by atoms with Crippen LogP contribution in [0.25, 0.3) is 0 Å². The molecule has 0 aliphatic carbocycles. The number of aliphatic hydroxyl groups is 2. The fraction of sp³-hybridized carbons (Fsp3) is 0.579. The Kier molecular flexibility index (Phi) is 8.20. The predicted octanol–water partition coefficient (Wildman–Crippen LogP) is 0.848. The maximum absolute atomic E-state index is 12.4. The molecular weight excluding hydrogens is 354 g/mol. The third kappa shape index (κ3) is 5.41. The number of carbonyl (C=O) groups excluding carboxylic acids is 1. The van der Waals surface area contributed by atoms with Crippen molar-refractivity contribution < 1.29 is 34.4 Å². The fourth-order valence-electron chi connectivity index (χ4n) is 3.15. The van der Waals surface area contributed by atoms with Crippen molar-refractivity contribution in [1.82, 2.24) is 4.90 Å². The Morgan fingerprint density at radius 1 is 1.22 bits per heavy atom. The van der Waals surface area contributed by atoms with Gasteiger partial charge in [0.05, 0.1) is 7.11 Å². The zero-order valence-corrected chi connectivity index (χ0v) is 16.4. The van der Waals surface area contributed by atoms with Gasteiger partial charge < -0.3 is 29.7 Å². The van der Waals surface area contributed by atoms with E-state index in [1.807, 2.05) is 32.8 Å². The average molecular weight is 383 g/mol. The molecular formula is C19H29NO7. The van der Waals surface area contributed by atoms with Gasteiger partial charge in [0, 0.05) is 12.5 Å². The number of nitrogens with zero attached hydrogens (tertiary/aromatic N) is 1. The van der Waals surface area contributed by atoms with Crippen molar-refractivity contribution in [1.29, 1.82) is 0 Å². The monoisotopic (exact) mass is 383 g/mol. The molecule has 0 aromatic heterocycles. The van der Waals surface area contributed by atoms with Crippen LogP contribution >= 0.6 is 0 Å². The minimum atomic E-state index is -2.26. The first-order valence-corrected chi connectivity index (χ1v) is 8.70. The number of aliphatic carboxylic acids is 1. The molecule has 0 fully saturated rings. The smallest absolute Gasteiger partial charge is 0.339 e. The third-order valence-electron chi connectivity index (χ3n) is 4.59. The summed E-state index contributed by atoms with van der Waals surface area (Å²) in [5, 5.41) is 28.2. The van der Waals surface area contributed by atoms with E-state index in [0.717, 1.165) is 0 Å². The van der Waals surface area contributed by atoms with Crippen molar-refractivity contribution >= 4 is 11.9 Å². The van der Waals surface area contributed by atoms with Crippen LogP contribution < -0.4 is 4.74 Å². The number of benzene rings is 1. The van der Waals surface area contributed by atoms with Crippen molar-refractivity contribution in [3.63, 3.8) is 0 Å². The van der Waals surface area contributed by atoms with E-state index < -0.39 is 29.7 Å². The quantitative estimate of drug-likeness (QED) is 0.509. The van der Waals surface area contributed by atoms with E-state index in [2.05, 4.69) is 0 Å². The van der Waals surface area contributed by atoms with E-state index in [1.165, 1.54) is 7.11 Å². The lowest BCUT2D eigenvalue weighted by atomic mass is 9.79. The molecule has 0 saturated carbocycles. The second-order valence-corrected chi connectivity index (χ2v) is 6.79. The van der Waals surface area contributed by atoms with E-state index in [1.54, 1.807) is 24.3 Å². The number of carbonyl (C=O) groups is 2. The van der Waals surface area contributed by atoms with Crippen LogP contribution in [0.1, 0.15) is 25.8 Å². The van der Waals surface area contributed by atoms with Crippen LogP contribution in [-0.4, -0.2) is 72.1 Å². The Balaban J connectivity index is 3.35. The Labute approximate surface area is 159 Å². The summed E-state index contributed by atoms with van der Waals surface area (Å²) in [4.78, 5) is 25.2. The highest BCUT2D eigenvalue weighted by atomic mass is 16.6. The van der Waals surface area contributed by atoms with Gasteiger partial charge in [0.15, 0.2) is 12.2 Å². The lowest BCUT2D eigenvalue weighted by Gasteiger charge is -2.40. The molecule has 1 rings (SSSR count). The Bertz CT molecular complexity index is 649. The first kappa shape index (κ1) is 22.9. The Morgan fingerprint density at radius 3 is 2.33 bits per heavy atom. The van der Waals surface area contributed by atoms with Crippen molar-refractivity contribution in [2.45, 2.75) is 38.1 Å². The summed E-state index contributed by atoms with van der Waals surface area (Å²) >= 11 is 0. The van der Waals surface area contributed by atoms with E-state index in [-0.39, 0.29) is 5.92 Å². The summed E-state index contributed by atoms with van der Waals surface area (Å²) in [5.41, 5.74) is -0.487. The first-order chi connectivity index (χ1) is 12.6. The highest BCUT2D eigenvalue weighted by Crippen LogP contribution is 2.39. The second-order valence-electron chi connectivity index (χ2n) is 6.79. The number of ether oxygens (including phenoxy) is 2. The number of rotatable bonds is 10. The van der Waals surface area contributed by atoms with Crippen LogP contribution in [0, 0.1) is 5.92 Å². The SMILES string of the molecule is CC[C@@](OC(=O)C(O)C(O)C(=O)O)(c1cccc(OC)c1)[C@@H](C)CN(C)C. The van der Waals surface area contributed by atoms with E-state index in [0.29, 0.717) is 24.3 Å². The highest BCUT2D eigenvalue weighted by Gasteiger charge is 2.43. The Hall–Kier alpha value is -2.16. The maximum atomic E-state index is 12.4. The van der Waals surface area contributed by atoms with Crippen LogP contribution in [0.5, 0.6) is 5.75 Å². The van der Waals surface area contributed by atoms with Crippen molar-refractivity contribution in [2.24, 2.45) is 5.92 Å². The standard InChI is InChI=1S/C19H29NO7/c1-6-19(12(2)11-20(3)4,13-8-7-9-14(10-13)26-5)27-18(25)16(22)15(21)17(23)24/h7-10,12,15-16,21-22H,6,11H2,1-5H3,(H,23,24)/t12-,15?,16?,19-/m0/s1. The van der Waals surface area contributed by atoms with Gasteiger partial charge in [-0.2, -0.15) is 0 Å². The molecule has 0 spiro atoms. The molecule has 0 heterocycles. The molecule has 8 heteroatoms. The van der Waals surface area contributed by atoms with E-state index in [9.17, 15) is 19.8 Å². The van der Waals surface area contributed by atoms with Gasteiger partial charge in [-0.1, -0.05) is 26.0 Å². The van der Waals surface area contributed by atoms with Gasteiger partial charge >= 0.3 is 11.9 Å². The van der Waals surface area contributed by atoms with E-state index in [4.69, 9.17) is 14.6 Å². The topological polar surface area (TPSA) is 117 Å². The average Bonchev–Trinajstić information content (AvgIpc) is 2.63. The summed E-state index contributed by atoms with van der Waals surface area (Å²) in [5.74, 6) is -2.53. The van der Waals surface area contributed by atoms with Gasteiger partial charge in [-0.05, 0) is 38.2 Å². The highest BCUT2D eigenvalue weighted by molar-refractivity contribution is 5.84. The van der Waals surface area contributed by atoms with Gasteiger partial charge in [-0.3, -0.25) is 0 Å². The van der Waals surface area contributed by atoms with Gasteiger partial charge in [0.25, 0.3) is 0 Å². The molecule has 8 nitrogen and oxygen atoms in total. The largest absolute Gasteiger partial charge is 0.497 e. The van der Waals surface area contributed by atoms with Crippen LogP contribution in [-0.2, 0) is 19.9 Å². The minimum Gasteiger partial charge on any atom is -0.497 e. The van der Waals surface area contributed by atoms with Gasteiger partial charge in [0.1, 0.15) is 11.4 Å². The predicted molar refractivity (Wildman–Crippen MR) is 98.4 cm³/mol. The summed E-state index contributed by atoms with van der Waals surface area (Å²) in [6.07, 6.45) is -4.08. The lowest BCUT2D eigenvalue weighted by Crippen LogP contribution is -2.48. The van der Waals surface area contributed by atoms with Crippen LogP contribution in [0.4, 0.5) is 0 Å². The normalized spacial score (nSPS) is 16.9. The molecule has 27 heavy (non-hydrogen) atoms. The minimum absolute atomic E-state index is 0.206. The number of hydrogen-bond acceptors (Lipinski definition) is 7. The molecule has 2 unspecified atom stereocenters. The number of hydrogen-bond donors (Lipinski definition) is 3. The van der Waals surface area contributed by atoms with Gasteiger partial charge in [-0.15, -0.1) is 0 Å². The summed E-state index contributed by atoms with van der Waals surface area (Å²) in [6.45, 7) is 4.30. The summed E-state index contributed by atoms with van der Waals surface area (Å²) < 4.78 is 10.9. The van der Waals surface area contributed by atoms with Crippen LogP contribution in [0.2, 0.25) is 0 Å². The molecule has 0 amide bonds. The molecule has 0 bridgehead atoms. The maximum Gasteiger partial charge on any atom is 0.339 e. The second kappa shape index (κ2) is 9.68. The number of methoxy groups -OCH3 is 1. The van der Waals surface area contributed by atoms with Gasteiger partial charge in [-0.25, -0.2) is 9.59 Å². The fourth-order valence-corrected chi connectivity index (χ4v) is 3.15. The zero-order chi connectivity index (χ0) is 20.8. The molecule has 0 radical (unpaired) electrons. The number of carboxylic acid groups (broad SMARTS) is 1. The molecule has 1 aromatic carbocycles. The van der Waals surface area contributed by atoms with Crippen molar-refractivity contribution in [3.05, 3.63) is 29.8 Å². The summed E-state index contributed by atoms with van der Waals surface area (Å²) in [6, 6.07) is 7.04. The third-order valence-corrected chi connectivity index (χ3v) is 4.59. The molecule has 0 aliphatic heterocycles. The molecule has 0 aliphatic rings. The molecule has 4 atom stereocenters. The molecule has 1 aromatic rings. The number of carboxylic acids is 1. The number of aliphatic hydroxyl groups excluding tert-OH is 2. The Morgan fingerprint density at radius 2 is 1.85 bits per heavy atom. The lowest BCUT2D eigenvalue weighted by molar-refractivity contribution is -0.188. The molecule has 152 valence electrons. The first-order valence-electron chi connectivity index (χ1n) is 8.70. The zero-order valence-electron chi connectivity index (χ0n) is 16.4.